The van der Waals surface area contributed by atoms with Crippen molar-refractivity contribution >= 4 is 34.0 Å². The van der Waals surface area contributed by atoms with E-state index in [1.807, 2.05) is 53.9 Å². The van der Waals surface area contributed by atoms with Gasteiger partial charge in [0, 0.05) is 11.1 Å². The summed E-state index contributed by atoms with van der Waals surface area (Å²) in [6.45, 7) is 0. The second kappa shape index (κ2) is 8.30. The Hall–Kier alpha value is -3.16. The van der Waals surface area contributed by atoms with E-state index >= 15 is 0 Å². The molecule has 5 nitrogen and oxygen atoms in total. The summed E-state index contributed by atoms with van der Waals surface area (Å²) in [5.74, 6) is 2.28. The van der Waals surface area contributed by atoms with Crippen LogP contribution in [0.4, 0.5) is 0 Å². The van der Waals surface area contributed by atoms with Crippen molar-refractivity contribution in [3.63, 3.8) is 0 Å². The smallest absolute Gasteiger partial charge is 0.196 e. The number of hydrogen-bond donors (Lipinski definition) is 0. The first kappa shape index (κ1) is 18.8. The Morgan fingerprint density at radius 3 is 2.67 bits per heavy atom. The number of hydrogen-bond acceptors (Lipinski definition) is 6. The molecule has 0 aliphatic heterocycles. The summed E-state index contributed by atoms with van der Waals surface area (Å²) < 4.78 is 7.68. The van der Waals surface area contributed by atoms with Crippen LogP contribution in [0.1, 0.15) is 5.69 Å². The molecule has 0 unspecified atom stereocenters. The van der Waals surface area contributed by atoms with Crippen molar-refractivity contribution in [1.82, 2.24) is 19.7 Å². The standard InChI is InChI=1S/C23H18N4OS2/c1-28-20-10-5-4-9-19(20)27-22(21-11-6-14-29-21)25-26-23(27)30-15-17-13-12-16-7-2-3-8-18(16)24-17/h2-14H,15H2,1H3. The second-order valence-corrected chi connectivity index (χ2v) is 8.46. The van der Waals surface area contributed by atoms with Crippen molar-refractivity contribution in [3.8, 4) is 22.1 Å². The number of aromatic nitrogens is 4. The van der Waals surface area contributed by atoms with Gasteiger partial charge in [0.05, 0.1) is 28.9 Å². The molecule has 30 heavy (non-hydrogen) atoms. The Morgan fingerprint density at radius 1 is 0.933 bits per heavy atom. The molecule has 0 amide bonds. The Labute approximate surface area is 182 Å². The van der Waals surface area contributed by atoms with E-state index in [0.29, 0.717) is 5.75 Å². The Balaban J connectivity index is 1.53. The quantitative estimate of drug-likeness (QED) is 0.317. The zero-order valence-electron chi connectivity index (χ0n) is 16.2. The van der Waals surface area contributed by atoms with Crippen LogP contribution in [0.5, 0.6) is 5.75 Å². The summed E-state index contributed by atoms with van der Waals surface area (Å²) in [7, 11) is 1.68. The van der Waals surface area contributed by atoms with Crippen LogP contribution in [0.2, 0.25) is 0 Å². The van der Waals surface area contributed by atoms with E-state index < -0.39 is 0 Å². The van der Waals surface area contributed by atoms with Gasteiger partial charge in [-0.05, 0) is 35.7 Å². The third-order valence-corrected chi connectivity index (χ3v) is 6.53. The molecule has 7 heteroatoms. The zero-order valence-corrected chi connectivity index (χ0v) is 17.9. The van der Waals surface area contributed by atoms with Crippen molar-refractivity contribution in [2.45, 2.75) is 10.9 Å². The molecule has 0 saturated carbocycles. The summed E-state index contributed by atoms with van der Waals surface area (Å²) in [6.07, 6.45) is 0. The van der Waals surface area contributed by atoms with Crippen LogP contribution >= 0.6 is 23.1 Å². The van der Waals surface area contributed by atoms with Crippen LogP contribution in [0.3, 0.4) is 0 Å². The Bertz CT molecular complexity index is 1300. The lowest BCUT2D eigenvalue weighted by Crippen LogP contribution is -2.02. The number of thioether (sulfide) groups is 1. The maximum atomic E-state index is 5.61. The molecule has 0 N–H and O–H groups in total. The van der Waals surface area contributed by atoms with Crippen LogP contribution in [-0.4, -0.2) is 26.9 Å². The minimum Gasteiger partial charge on any atom is -0.495 e. The van der Waals surface area contributed by atoms with Crippen molar-refractivity contribution in [3.05, 3.63) is 83.9 Å². The molecule has 0 spiro atoms. The summed E-state index contributed by atoms with van der Waals surface area (Å²) >= 11 is 3.26. The highest BCUT2D eigenvalue weighted by molar-refractivity contribution is 7.98. The topological polar surface area (TPSA) is 52.8 Å². The summed E-state index contributed by atoms with van der Waals surface area (Å²) in [4.78, 5) is 5.84. The van der Waals surface area contributed by atoms with Crippen molar-refractivity contribution in [2.24, 2.45) is 0 Å². The third-order valence-electron chi connectivity index (χ3n) is 4.71. The van der Waals surface area contributed by atoms with E-state index in [-0.39, 0.29) is 0 Å². The van der Waals surface area contributed by atoms with Gasteiger partial charge in [0.25, 0.3) is 0 Å². The lowest BCUT2D eigenvalue weighted by atomic mass is 10.2. The molecule has 0 aliphatic carbocycles. The van der Waals surface area contributed by atoms with Crippen LogP contribution < -0.4 is 4.74 Å². The number of methoxy groups -OCH3 is 1. The van der Waals surface area contributed by atoms with Gasteiger partial charge in [-0.1, -0.05) is 54.2 Å². The Kier molecular flexibility index (Phi) is 5.21. The summed E-state index contributed by atoms with van der Waals surface area (Å²) in [5, 5.41) is 13.0. The predicted octanol–water partition coefficient (Wildman–Crippen LogP) is 5.84. The molecule has 0 fully saturated rings. The van der Waals surface area contributed by atoms with Crippen molar-refractivity contribution in [2.75, 3.05) is 7.11 Å². The van der Waals surface area contributed by atoms with E-state index in [1.54, 1.807) is 30.2 Å². The van der Waals surface area contributed by atoms with Crippen LogP contribution in [0, 0.1) is 0 Å². The molecule has 0 radical (unpaired) electrons. The summed E-state index contributed by atoms with van der Waals surface area (Å²) in [6, 6.07) is 24.3. The van der Waals surface area contributed by atoms with Gasteiger partial charge in [-0.3, -0.25) is 9.55 Å². The average Bonchev–Trinajstić information content (AvgIpc) is 3.47. The lowest BCUT2D eigenvalue weighted by molar-refractivity contribution is 0.412. The summed E-state index contributed by atoms with van der Waals surface area (Å²) in [5.41, 5.74) is 2.93. The molecule has 5 rings (SSSR count). The maximum Gasteiger partial charge on any atom is 0.196 e. The fourth-order valence-electron chi connectivity index (χ4n) is 3.29. The minimum atomic E-state index is 0.697. The van der Waals surface area contributed by atoms with Gasteiger partial charge in [0.1, 0.15) is 5.75 Å². The molecule has 148 valence electrons. The molecule has 2 aromatic carbocycles. The normalized spacial score (nSPS) is 11.1. The number of benzene rings is 2. The van der Waals surface area contributed by atoms with Gasteiger partial charge in [0.15, 0.2) is 11.0 Å². The zero-order chi connectivity index (χ0) is 20.3. The van der Waals surface area contributed by atoms with Crippen molar-refractivity contribution < 1.29 is 4.74 Å². The first-order chi connectivity index (χ1) is 14.8. The van der Waals surface area contributed by atoms with Crippen LogP contribution in [-0.2, 0) is 5.75 Å². The van der Waals surface area contributed by atoms with Crippen LogP contribution in [0.25, 0.3) is 27.3 Å². The number of nitrogens with zero attached hydrogens (tertiary/aromatic N) is 4. The van der Waals surface area contributed by atoms with Gasteiger partial charge >= 0.3 is 0 Å². The molecule has 0 atom stereocenters. The number of para-hydroxylation sites is 3. The highest BCUT2D eigenvalue weighted by Crippen LogP contribution is 2.34. The molecule has 0 saturated heterocycles. The predicted molar refractivity (Wildman–Crippen MR) is 123 cm³/mol. The Morgan fingerprint density at radius 2 is 1.80 bits per heavy atom. The third kappa shape index (κ3) is 3.58. The molecule has 3 heterocycles. The maximum absolute atomic E-state index is 5.61. The highest BCUT2D eigenvalue weighted by atomic mass is 32.2. The second-order valence-electron chi connectivity index (χ2n) is 6.57. The molecular weight excluding hydrogens is 412 g/mol. The molecule has 0 bridgehead atoms. The van der Waals surface area contributed by atoms with Crippen molar-refractivity contribution in [1.29, 1.82) is 0 Å². The first-order valence-corrected chi connectivity index (χ1v) is 11.3. The SMILES string of the molecule is COc1ccccc1-n1c(SCc2ccc3ccccc3n2)nnc1-c1cccs1. The number of thiophene rings is 1. The number of pyridine rings is 1. The first-order valence-electron chi connectivity index (χ1n) is 9.43. The van der Waals surface area contributed by atoms with Gasteiger partial charge in [0.2, 0.25) is 0 Å². The van der Waals surface area contributed by atoms with E-state index in [4.69, 9.17) is 9.72 Å². The molecule has 5 aromatic rings. The molecule has 3 aromatic heterocycles. The highest BCUT2D eigenvalue weighted by Gasteiger charge is 2.19. The molecule has 0 aliphatic rings. The fourth-order valence-corrected chi connectivity index (χ4v) is 4.84. The van der Waals surface area contributed by atoms with Gasteiger partial charge in [-0.2, -0.15) is 0 Å². The van der Waals surface area contributed by atoms with E-state index in [9.17, 15) is 0 Å². The van der Waals surface area contributed by atoms with E-state index in [2.05, 4.69) is 39.0 Å². The van der Waals surface area contributed by atoms with E-state index in [1.165, 1.54) is 0 Å². The largest absolute Gasteiger partial charge is 0.495 e. The molecular formula is C23H18N4OS2. The monoisotopic (exact) mass is 430 g/mol. The number of ether oxygens (including phenoxy) is 1. The number of fused-ring (bicyclic) bond motifs is 1. The van der Waals surface area contributed by atoms with Crippen LogP contribution in [0.15, 0.2) is 83.3 Å². The average molecular weight is 431 g/mol. The van der Waals surface area contributed by atoms with Gasteiger partial charge in [-0.15, -0.1) is 21.5 Å². The fraction of sp³-hybridized carbons (Fsp3) is 0.0870. The van der Waals surface area contributed by atoms with Gasteiger partial charge < -0.3 is 4.74 Å². The number of rotatable bonds is 6. The minimum absolute atomic E-state index is 0.697. The van der Waals surface area contributed by atoms with E-state index in [0.717, 1.165) is 43.9 Å². The van der Waals surface area contributed by atoms with Gasteiger partial charge in [-0.25, -0.2) is 0 Å². The lowest BCUT2D eigenvalue weighted by Gasteiger charge is -2.13.